The maximum absolute atomic E-state index is 3.40. The van der Waals surface area contributed by atoms with Crippen molar-refractivity contribution in [3.63, 3.8) is 0 Å². The standard InChI is InChI=1S/C14H24N2/c1-11(2)13-5-7-14(8-6-13)16-10-9-15-12(3)4/h5-8,11-12,15-16H,9-10H2,1-4H3. The van der Waals surface area contributed by atoms with E-state index in [1.807, 2.05) is 0 Å². The predicted octanol–water partition coefficient (Wildman–Crippen LogP) is 3.22. The molecule has 2 heteroatoms. The molecule has 0 aliphatic heterocycles. The Hall–Kier alpha value is -1.02. The molecule has 0 bridgehead atoms. The highest BCUT2D eigenvalue weighted by atomic mass is 15.0. The molecule has 0 aliphatic carbocycles. The van der Waals surface area contributed by atoms with Crippen molar-refractivity contribution >= 4 is 5.69 Å². The van der Waals surface area contributed by atoms with Crippen molar-refractivity contribution in [2.45, 2.75) is 39.7 Å². The lowest BCUT2D eigenvalue weighted by Crippen LogP contribution is -2.28. The molecule has 0 spiro atoms. The van der Waals surface area contributed by atoms with Crippen LogP contribution in [0.4, 0.5) is 5.69 Å². The zero-order chi connectivity index (χ0) is 12.0. The van der Waals surface area contributed by atoms with E-state index in [1.54, 1.807) is 0 Å². The minimum absolute atomic E-state index is 0.560. The number of rotatable bonds is 6. The molecule has 0 amide bonds. The molecule has 0 aromatic heterocycles. The molecular formula is C14H24N2. The fraction of sp³-hybridized carbons (Fsp3) is 0.571. The zero-order valence-electron chi connectivity index (χ0n) is 10.9. The van der Waals surface area contributed by atoms with Gasteiger partial charge in [-0.3, -0.25) is 0 Å². The minimum atomic E-state index is 0.560. The summed E-state index contributed by atoms with van der Waals surface area (Å²) in [6, 6.07) is 9.27. The van der Waals surface area contributed by atoms with Gasteiger partial charge in [-0.1, -0.05) is 39.8 Å². The minimum Gasteiger partial charge on any atom is -0.384 e. The van der Waals surface area contributed by atoms with Crippen LogP contribution in [0.15, 0.2) is 24.3 Å². The first-order valence-electron chi connectivity index (χ1n) is 6.17. The van der Waals surface area contributed by atoms with Gasteiger partial charge in [0.1, 0.15) is 0 Å². The van der Waals surface area contributed by atoms with Crippen molar-refractivity contribution in [2.24, 2.45) is 0 Å². The van der Waals surface area contributed by atoms with Crippen molar-refractivity contribution < 1.29 is 0 Å². The number of anilines is 1. The number of nitrogens with one attached hydrogen (secondary N) is 2. The molecule has 0 unspecified atom stereocenters. The van der Waals surface area contributed by atoms with Crippen LogP contribution in [0.3, 0.4) is 0 Å². The highest BCUT2D eigenvalue weighted by Gasteiger charge is 1.98. The lowest BCUT2D eigenvalue weighted by Gasteiger charge is -2.11. The third kappa shape index (κ3) is 4.67. The van der Waals surface area contributed by atoms with E-state index in [0.717, 1.165) is 13.1 Å². The van der Waals surface area contributed by atoms with Gasteiger partial charge < -0.3 is 10.6 Å². The monoisotopic (exact) mass is 220 g/mol. The third-order valence-electron chi connectivity index (χ3n) is 2.58. The topological polar surface area (TPSA) is 24.1 Å². The van der Waals surface area contributed by atoms with Crippen molar-refractivity contribution in [3.05, 3.63) is 29.8 Å². The Morgan fingerprint density at radius 2 is 1.56 bits per heavy atom. The lowest BCUT2D eigenvalue weighted by atomic mass is 10.0. The first kappa shape index (κ1) is 13.0. The second-order valence-electron chi connectivity index (χ2n) is 4.81. The summed E-state index contributed by atoms with van der Waals surface area (Å²) < 4.78 is 0. The molecule has 0 atom stereocenters. The second kappa shape index (κ2) is 6.54. The summed E-state index contributed by atoms with van der Waals surface area (Å²) in [4.78, 5) is 0. The van der Waals surface area contributed by atoms with Crippen LogP contribution in [0.2, 0.25) is 0 Å². The van der Waals surface area contributed by atoms with E-state index in [4.69, 9.17) is 0 Å². The van der Waals surface area contributed by atoms with E-state index in [0.29, 0.717) is 12.0 Å². The van der Waals surface area contributed by atoms with Crippen molar-refractivity contribution in [3.8, 4) is 0 Å². The van der Waals surface area contributed by atoms with Crippen LogP contribution < -0.4 is 10.6 Å². The van der Waals surface area contributed by atoms with Crippen LogP contribution in [0, 0.1) is 0 Å². The van der Waals surface area contributed by atoms with E-state index < -0.39 is 0 Å². The van der Waals surface area contributed by atoms with Gasteiger partial charge in [-0.15, -0.1) is 0 Å². The normalized spacial score (nSPS) is 11.1. The maximum atomic E-state index is 3.40. The van der Waals surface area contributed by atoms with Gasteiger partial charge in [0.25, 0.3) is 0 Å². The van der Waals surface area contributed by atoms with Gasteiger partial charge in [-0.2, -0.15) is 0 Å². The summed E-state index contributed by atoms with van der Waals surface area (Å²) in [6.45, 7) is 10.7. The lowest BCUT2D eigenvalue weighted by molar-refractivity contribution is 0.602. The van der Waals surface area contributed by atoms with Crippen LogP contribution >= 0.6 is 0 Å². The van der Waals surface area contributed by atoms with Crippen LogP contribution in [0.25, 0.3) is 0 Å². The van der Waals surface area contributed by atoms with E-state index >= 15 is 0 Å². The van der Waals surface area contributed by atoms with Crippen molar-refractivity contribution in [1.29, 1.82) is 0 Å². The molecule has 2 N–H and O–H groups in total. The first-order chi connectivity index (χ1) is 7.59. The van der Waals surface area contributed by atoms with E-state index in [2.05, 4.69) is 62.6 Å². The second-order valence-corrected chi connectivity index (χ2v) is 4.81. The van der Waals surface area contributed by atoms with Crippen LogP contribution in [0.5, 0.6) is 0 Å². The van der Waals surface area contributed by atoms with Crippen molar-refractivity contribution in [2.75, 3.05) is 18.4 Å². The highest BCUT2D eigenvalue weighted by molar-refractivity contribution is 5.45. The third-order valence-corrected chi connectivity index (χ3v) is 2.58. The Labute approximate surface area is 99.5 Å². The molecule has 0 saturated heterocycles. The fourth-order valence-electron chi connectivity index (χ4n) is 1.55. The van der Waals surface area contributed by atoms with Gasteiger partial charge in [0.15, 0.2) is 0 Å². The quantitative estimate of drug-likeness (QED) is 0.719. The van der Waals surface area contributed by atoms with Gasteiger partial charge in [0, 0.05) is 24.8 Å². The molecule has 0 saturated carbocycles. The predicted molar refractivity (Wildman–Crippen MR) is 72.2 cm³/mol. The molecular weight excluding hydrogens is 196 g/mol. The largest absolute Gasteiger partial charge is 0.384 e. The molecule has 16 heavy (non-hydrogen) atoms. The van der Waals surface area contributed by atoms with Gasteiger partial charge in [0.2, 0.25) is 0 Å². The van der Waals surface area contributed by atoms with E-state index in [-0.39, 0.29) is 0 Å². The summed E-state index contributed by atoms with van der Waals surface area (Å²) in [7, 11) is 0. The zero-order valence-corrected chi connectivity index (χ0v) is 10.9. The maximum Gasteiger partial charge on any atom is 0.0340 e. The average molecular weight is 220 g/mol. The molecule has 0 radical (unpaired) electrons. The summed E-state index contributed by atoms with van der Waals surface area (Å²) >= 11 is 0. The van der Waals surface area contributed by atoms with Crippen molar-refractivity contribution in [1.82, 2.24) is 5.32 Å². The highest BCUT2D eigenvalue weighted by Crippen LogP contribution is 2.16. The molecule has 0 heterocycles. The Balaban J connectivity index is 2.32. The Bertz CT molecular complexity index is 288. The Morgan fingerprint density at radius 1 is 0.938 bits per heavy atom. The van der Waals surface area contributed by atoms with Gasteiger partial charge in [0.05, 0.1) is 0 Å². The smallest absolute Gasteiger partial charge is 0.0340 e. The summed E-state index contributed by atoms with van der Waals surface area (Å²) in [5, 5.41) is 6.79. The summed E-state index contributed by atoms with van der Waals surface area (Å²) in [6.07, 6.45) is 0. The van der Waals surface area contributed by atoms with Gasteiger partial charge >= 0.3 is 0 Å². The Kier molecular flexibility index (Phi) is 5.33. The van der Waals surface area contributed by atoms with Crippen LogP contribution in [-0.4, -0.2) is 19.1 Å². The average Bonchev–Trinajstić information content (AvgIpc) is 2.25. The molecule has 1 aromatic carbocycles. The first-order valence-corrected chi connectivity index (χ1v) is 6.17. The number of hydrogen-bond acceptors (Lipinski definition) is 2. The van der Waals surface area contributed by atoms with E-state index in [1.165, 1.54) is 11.3 Å². The van der Waals surface area contributed by atoms with Gasteiger partial charge in [-0.05, 0) is 23.6 Å². The van der Waals surface area contributed by atoms with Crippen LogP contribution in [-0.2, 0) is 0 Å². The Morgan fingerprint density at radius 3 is 2.06 bits per heavy atom. The van der Waals surface area contributed by atoms with Crippen LogP contribution in [0.1, 0.15) is 39.2 Å². The molecule has 0 aliphatic rings. The molecule has 90 valence electrons. The molecule has 1 rings (SSSR count). The molecule has 2 nitrogen and oxygen atoms in total. The summed E-state index contributed by atoms with van der Waals surface area (Å²) in [5.41, 5.74) is 2.60. The molecule has 0 fully saturated rings. The van der Waals surface area contributed by atoms with Gasteiger partial charge in [-0.25, -0.2) is 0 Å². The van der Waals surface area contributed by atoms with E-state index in [9.17, 15) is 0 Å². The summed E-state index contributed by atoms with van der Waals surface area (Å²) in [5.74, 6) is 0.608. The number of benzene rings is 1. The molecule has 1 aromatic rings. The SMILES string of the molecule is CC(C)NCCNc1ccc(C(C)C)cc1. The fourth-order valence-corrected chi connectivity index (χ4v) is 1.55. The number of hydrogen-bond donors (Lipinski definition) is 2.